The van der Waals surface area contributed by atoms with Gasteiger partial charge in [0.2, 0.25) is 5.91 Å². The summed E-state index contributed by atoms with van der Waals surface area (Å²) in [4.78, 5) is 30.6. The van der Waals surface area contributed by atoms with Crippen LogP contribution in [0.4, 0.5) is 5.82 Å². The van der Waals surface area contributed by atoms with E-state index in [0.717, 1.165) is 49.8 Å². The van der Waals surface area contributed by atoms with Crippen LogP contribution in [0.5, 0.6) is 0 Å². The lowest BCUT2D eigenvalue weighted by Crippen LogP contribution is -2.49. The zero-order valence-electron chi connectivity index (χ0n) is 20.0. The van der Waals surface area contributed by atoms with Crippen LogP contribution in [0.25, 0.3) is 10.2 Å². The fourth-order valence-corrected chi connectivity index (χ4v) is 7.24. The number of piperazine rings is 1. The SMILES string of the molecule is O=C(Cc1ccccc1)N1CCN(c2nc(C3CCCCC3)nc3sc4c(c23)CCCC4)CC1. The molecule has 0 bridgehead atoms. The van der Waals surface area contributed by atoms with Gasteiger partial charge in [-0.1, -0.05) is 49.6 Å². The molecule has 1 saturated heterocycles. The van der Waals surface area contributed by atoms with Crippen molar-refractivity contribution in [2.24, 2.45) is 0 Å². The lowest BCUT2D eigenvalue weighted by molar-refractivity contribution is -0.130. The third-order valence-electron chi connectivity index (χ3n) is 7.91. The Labute approximate surface area is 206 Å². The number of benzene rings is 1. The number of fused-ring (bicyclic) bond motifs is 3. The molecular formula is C28H34N4OS. The van der Waals surface area contributed by atoms with E-state index >= 15 is 0 Å². The molecule has 0 radical (unpaired) electrons. The van der Waals surface area contributed by atoms with Gasteiger partial charge in [-0.05, 0) is 49.7 Å². The number of carbonyl (C=O) groups is 1. The minimum Gasteiger partial charge on any atom is -0.352 e. The Balaban J connectivity index is 1.26. The minimum absolute atomic E-state index is 0.231. The van der Waals surface area contributed by atoms with Crippen molar-refractivity contribution in [1.82, 2.24) is 14.9 Å². The standard InChI is InChI=1S/C28H34N4OS/c33-24(19-20-9-3-1-4-10-20)31-15-17-32(18-16-31)27-25-22-13-7-8-14-23(22)34-28(25)30-26(29-27)21-11-5-2-6-12-21/h1,3-4,9-10,21H,2,5-8,11-19H2. The molecule has 0 spiro atoms. The normalized spacial score (nSPS) is 19.4. The molecule has 2 aliphatic carbocycles. The predicted molar refractivity (Wildman–Crippen MR) is 139 cm³/mol. The van der Waals surface area contributed by atoms with E-state index in [1.807, 2.05) is 46.6 Å². The van der Waals surface area contributed by atoms with E-state index in [9.17, 15) is 4.79 Å². The number of aryl methyl sites for hydroxylation is 2. The molecule has 3 aliphatic rings. The molecule has 6 rings (SSSR count). The first-order valence-electron chi connectivity index (χ1n) is 13.1. The lowest BCUT2D eigenvalue weighted by Gasteiger charge is -2.36. The third kappa shape index (κ3) is 4.33. The van der Waals surface area contributed by atoms with Gasteiger partial charge >= 0.3 is 0 Å². The number of amides is 1. The maximum atomic E-state index is 12.9. The molecule has 2 fully saturated rings. The molecule has 1 amide bonds. The topological polar surface area (TPSA) is 49.3 Å². The Morgan fingerprint density at radius 1 is 0.912 bits per heavy atom. The number of rotatable bonds is 4. The van der Waals surface area contributed by atoms with Gasteiger partial charge in [-0.15, -0.1) is 11.3 Å². The minimum atomic E-state index is 0.231. The summed E-state index contributed by atoms with van der Waals surface area (Å²) in [5, 5.41) is 1.32. The average molecular weight is 475 g/mol. The van der Waals surface area contributed by atoms with Gasteiger partial charge < -0.3 is 9.80 Å². The Morgan fingerprint density at radius 2 is 1.68 bits per heavy atom. The van der Waals surface area contributed by atoms with Gasteiger partial charge in [0.15, 0.2) is 0 Å². The molecule has 178 valence electrons. The zero-order valence-corrected chi connectivity index (χ0v) is 20.8. The Kier molecular flexibility index (Phi) is 6.25. The van der Waals surface area contributed by atoms with Gasteiger partial charge in [0.05, 0.1) is 11.8 Å². The van der Waals surface area contributed by atoms with Crippen molar-refractivity contribution in [2.75, 3.05) is 31.1 Å². The monoisotopic (exact) mass is 474 g/mol. The highest BCUT2D eigenvalue weighted by Gasteiger charge is 2.29. The van der Waals surface area contributed by atoms with Crippen molar-refractivity contribution < 1.29 is 4.79 Å². The smallest absolute Gasteiger partial charge is 0.227 e. The van der Waals surface area contributed by atoms with Crippen LogP contribution in [0.3, 0.4) is 0 Å². The van der Waals surface area contributed by atoms with E-state index in [2.05, 4.69) is 4.90 Å². The van der Waals surface area contributed by atoms with Crippen molar-refractivity contribution in [2.45, 2.75) is 70.1 Å². The van der Waals surface area contributed by atoms with Crippen LogP contribution in [0.2, 0.25) is 0 Å². The highest BCUT2D eigenvalue weighted by molar-refractivity contribution is 7.19. The number of anilines is 1. The Bertz CT molecular complexity index is 1160. The molecule has 5 nitrogen and oxygen atoms in total. The van der Waals surface area contributed by atoms with Crippen molar-refractivity contribution in [3.63, 3.8) is 0 Å². The van der Waals surface area contributed by atoms with Crippen LogP contribution in [0.1, 0.15) is 72.7 Å². The molecule has 3 aromatic rings. The van der Waals surface area contributed by atoms with Gasteiger partial charge in [-0.3, -0.25) is 4.79 Å². The maximum Gasteiger partial charge on any atom is 0.227 e. The van der Waals surface area contributed by atoms with Crippen LogP contribution in [-0.2, 0) is 24.1 Å². The molecule has 34 heavy (non-hydrogen) atoms. The summed E-state index contributed by atoms with van der Waals surface area (Å²) in [5.74, 6) is 2.96. The number of hydrogen-bond donors (Lipinski definition) is 0. The molecule has 1 aliphatic heterocycles. The van der Waals surface area contributed by atoms with Gasteiger partial charge in [0, 0.05) is 37.0 Å². The summed E-state index contributed by atoms with van der Waals surface area (Å²) in [6.07, 6.45) is 11.8. The summed E-state index contributed by atoms with van der Waals surface area (Å²) in [6.45, 7) is 3.23. The van der Waals surface area contributed by atoms with Crippen LogP contribution in [0, 0.1) is 0 Å². The van der Waals surface area contributed by atoms with Gasteiger partial charge in [0.1, 0.15) is 16.5 Å². The van der Waals surface area contributed by atoms with Crippen LogP contribution < -0.4 is 4.90 Å². The van der Waals surface area contributed by atoms with Crippen molar-refractivity contribution >= 4 is 33.3 Å². The van der Waals surface area contributed by atoms with E-state index in [0.29, 0.717) is 12.3 Å². The van der Waals surface area contributed by atoms with Crippen molar-refractivity contribution in [3.8, 4) is 0 Å². The van der Waals surface area contributed by atoms with E-state index in [4.69, 9.17) is 9.97 Å². The summed E-state index contributed by atoms with van der Waals surface area (Å²) in [6, 6.07) is 10.1. The van der Waals surface area contributed by atoms with E-state index in [1.54, 1.807) is 0 Å². The number of nitrogens with zero attached hydrogens (tertiary/aromatic N) is 4. The fraction of sp³-hybridized carbons (Fsp3) is 0.536. The van der Waals surface area contributed by atoms with Crippen LogP contribution in [0.15, 0.2) is 30.3 Å². The number of carbonyl (C=O) groups excluding carboxylic acids is 1. The summed E-state index contributed by atoms with van der Waals surface area (Å²) >= 11 is 1.92. The molecule has 3 heterocycles. The first-order valence-corrected chi connectivity index (χ1v) is 14.0. The highest BCUT2D eigenvalue weighted by Crippen LogP contribution is 2.42. The first-order chi connectivity index (χ1) is 16.8. The third-order valence-corrected chi connectivity index (χ3v) is 9.10. The first kappa shape index (κ1) is 22.0. The summed E-state index contributed by atoms with van der Waals surface area (Å²) in [5.41, 5.74) is 2.61. The number of thiophene rings is 1. The van der Waals surface area contributed by atoms with E-state index in [-0.39, 0.29) is 5.91 Å². The average Bonchev–Trinajstić information content (AvgIpc) is 3.28. The largest absolute Gasteiger partial charge is 0.352 e. The molecule has 2 aromatic heterocycles. The van der Waals surface area contributed by atoms with E-state index in [1.165, 1.54) is 72.0 Å². The molecule has 6 heteroatoms. The van der Waals surface area contributed by atoms with E-state index < -0.39 is 0 Å². The Hall–Kier alpha value is -2.47. The van der Waals surface area contributed by atoms with Crippen LogP contribution >= 0.6 is 11.3 Å². The molecular weight excluding hydrogens is 440 g/mol. The summed E-state index contributed by atoms with van der Waals surface area (Å²) < 4.78 is 0. The molecule has 1 saturated carbocycles. The van der Waals surface area contributed by atoms with Crippen LogP contribution in [-0.4, -0.2) is 47.0 Å². The van der Waals surface area contributed by atoms with Crippen molar-refractivity contribution in [3.05, 3.63) is 52.2 Å². The maximum absolute atomic E-state index is 12.9. The van der Waals surface area contributed by atoms with Crippen molar-refractivity contribution in [1.29, 1.82) is 0 Å². The predicted octanol–water partition coefficient (Wildman–Crippen LogP) is 5.51. The number of aromatic nitrogens is 2. The lowest BCUT2D eigenvalue weighted by atomic mass is 9.88. The second-order valence-corrected chi connectivity index (χ2v) is 11.2. The molecule has 1 aromatic carbocycles. The second-order valence-electron chi connectivity index (χ2n) is 10.2. The number of hydrogen-bond acceptors (Lipinski definition) is 5. The fourth-order valence-electron chi connectivity index (χ4n) is 5.98. The molecule has 0 N–H and O–H groups in total. The van der Waals surface area contributed by atoms with Gasteiger partial charge in [-0.2, -0.15) is 0 Å². The quantitative estimate of drug-likeness (QED) is 0.500. The van der Waals surface area contributed by atoms with Gasteiger partial charge in [0.25, 0.3) is 0 Å². The van der Waals surface area contributed by atoms with Gasteiger partial charge in [-0.25, -0.2) is 9.97 Å². The summed E-state index contributed by atoms with van der Waals surface area (Å²) in [7, 11) is 0. The molecule has 0 atom stereocenters. The zero-order chi connectivity index (χ0) is 22.9. The molecule has 0 unspecified atom stereocenters. The highest BCUT2D eigenvalue weighted by atomic mass is 32.1. The second kappa shape index (κ2) is 9.65. The Morgan fingerprint density at radius 3 is 2.47 bits per heavy atom.